The predicted octanol–water partition coefficient (Wildman–Crippen LogP) is 4.40. The van der Waals surface area contributed by atoms with Crippen LogP contribution in [0.5, 0.6) is 11.5 Å². The molecule has 1 aromatic heterocycles. The van der Waals surface area contributed by atoms with Crippen molar-refractivity contribution in [3.8, 4) is 11.5 Å². The summed E-state index contributed by atoms with van der Waals surface area (Å²) in [5.74, 6) is 0.300. The molecular weight excluding hydrogens is 279 g/mol. The fourth-order valence-corrected chi connectivity index (χ4v) is 2.02. The Balaban J connectivity index is 1.99. The Kier molecular flexibility index (Phi) is 3.16. The fourth-order valence-electron chi connectivity index (χ4n) is 1.87. The molecule has 0 unspecified atom stereocenters. The number of ether oxygens (including phenoxy) is 1. The molecule has 0 aliphatic carbocycles. The Morgan fingerprint density at radius 1 is 1.15 bits per heavy atom. The van der Waals surface area contributed by atoms with Crippen molar-refractivity contribution in [2.24, 2.45) is 0 Å². The molecule has 3 nitrogen and oxygen atoms in total. The van der Waals surface area contributed by atoms with Crippen LogP contribution in [0.2, 0.25) is 5.02 Å². The van der Waals surface area contributed by atoms with Gasteiger partial charge in [0.1, 0.15) is 11.6 Å². The van der Waals surface area contributed by atoms with Gasteiger partial charge in [-0.05, 0) is 18.2 Å². The largest absolute Gasteiger partial charge is 0.455 e. The van der Waals surface area contributed by atoms with Gasteiger partial charge in [0.25, 0.3) is 0 Å². The summed E-state index contributed by atoms with van der Waals surface area (Å²) in [6.07, 6.45) is 1.70. The van der Waals surface area contributed by atoms with Gasteiger partial charge in [0.2, 0.25) is 0 Å². The summed E-state index contributed by atoms with van der Waals surface area (Å²) < 4.78 is 18.9. The summed E-state index contributed by atoms with van der Waals surface area (Å²) in [4.78, 5) is 4.24. The van der Waals surface area contributed by atoms with Crippen LogP contribution in [-0.2, 0) is 0 Å². The van der Waals surface area contributed by atoms with Crippen LogP contribution in [0.15, 0.2) is 48.7 Å². The fraction of sp³-hybridized carbons (Fsp3) is 0. The van der Waals surface area contributed by atoms with E-state index < -0.39 is 5.82 Å². The number of benzene rings is 2. The first-order chi connectivity index (χ1) is 9.63. The third kappa shape index (κ3) is 2.38. The first-order valence-electron chi connectivity index (χ1n) is 5.90. The lowest BCUT2D eigenvalue weighted by atomic mass is 10.2. The summed E-state index contributed by atoms with van der Waals surface area (Å²) in [7, 11) is 0. The average molecular weight is 289 g/mol. The van der Waals surface area contributed by atoms with Gasteiger partial charge in [0.15, 0.2) is 5.75 Å². The summed E-state index contributed by atoms with van der Waals surface area (Å²) in [6.45, 7) is 0. The molecule has 3 aromatic rings. The van der Waals surface area contributed by atoms with Gasteiger partial charge in [0.05, 0.1) is 16.2 Å². The monoisotopic (exact) mass is 288 g/mol. The van der Waals surface area contributed by atoms with Crippen LogP contribution in [0.1, 0.15) is 0 Å². The number of nitrogen functional groups attached to an aromatic ring is 1. The van der Waals surface area contributed by atoms with Crippen LogP contribution in [-0.4, -0.2) is 4.98 Å². The topological polar surface area (TPSA) is 48.1 Å². The number of nitrogens with two attached hydrogens (primary N) is 1. The van der Waals surface area contributed by atoms with Gasteiger partial charge < -0.3 is 10.5 Å². The van der Waals surface area contributed by atoms with E-state index >= 15 is 0 Å². The van der Waals surface area contributed by atoms with Crippen molar-refractivity contribution in [1.29, 1.82) is 0 Å². The van der Waals surface area contributed by atoms with E-state index in [9.17, 15) is 4.39 Å². The van der Waals surface area contributed by atoms with E-state index in [1.54, 1.807) is 18.3 Å². The van der Waals surface area contributed by atoms with Crippen LogP contribution in [0, 0.1) is 5.82 Å². The number of aromatic nitrogens is 1. The molecular formula is C15H10ClFN2O. The Morgan fingerprint density at radius 3 is 2.85 bits per heavy atom. The Hall–Kier alpha value is -2.33. The lowest BCUT2D eigenvalue weighted by molar-refractivity contribution is 0.484. The van der Waals surface area contributed by atoms with Gasteiger partial charge in [-0.25, -0.2) is 4.39 Å². The minimum Gasteiger partial charge on any atom is -0.455 e. The summed E-state index contributed by atoms with van der Waals surface area (Å²) >= 11 is 5.72. The molecule has 0 spiro atoms. The highest BCUT2D eigenvalue weighted by Gasteiger charge is 2.08. The minimum absolute atomic E-state index is 0.0342. The minimum atomic E-state index is -0.573. The molecule has 2 N–H and O–H groups in total. The highest BCUT2D eigenvalue weighted by molar-refractivity contribution is 6.31. The highest BCUT2D eigenvalue weighted by Crippen LogP contribution is 2.32. The van der Waals surface area contributed by atoms with E-state index in [1.807, 2.05) is 18.2 Å². The number of hydrogen-bond donors (Lipinski definition) is 1. The second-order valence-electron chi connectivity index (χ2n) is 4.26. The third-order valence-electron chi connectivity index (χ3n) is 2.86. The van der Waals surface area contributed by atoms with Gasteiger partial charge in [-0.1, -0.05) is 17.7 Å². The smallest absolute Gasteiger partial charge is 0.152 e. The SMILES string of the molecule is Nc1cc(F)c(Cl)cc1Oc1ccc2cccnc2c1. The molecule has 2 aromatic carbocycles. The summed E-state index contributed by atoms with van der Waals surface area (Å²) in [5, 5.41) is 0.970. The highest BCUT2D eigenvalue weighted by atomic mass is 35.5. The molecule has 0 radical (unpaired) electrons. The summed E-state index contributed by atoms with van der Waals surface area (Å²) in [6, 6.07) is 11.8. The van der Waals surface area contributed by atoms with Crippen LogP contribution in [0.25, 0.3) is 10.9 Å². The van der Waals surface area contributed by atoms with E-state index in [0.29, 0.717) is 11.5 Å². The molecule has 100 valence electrons. The van der Waals surface area contributed by atoms with Crippen molar-refractivity contribution in [3.05, 3.63) is 59.5 Å². The second-order valence-corrected chi connectivity index (χ2v) is 4.67. The first-order valence-corrected chi connectivity index (χ1v) is 6.28. The maximum absolute atomic E-state index is 13.2. The number of hydrogen-bond acceptors (Lipinski definition) is 3. The zero-order valence-electron chi connectivity index (χ0n) is 10.3. The number of anilines is 1. The van der Waals surface area contributed by atoms with Crippen molar-refractivity contribution in [1.82, 2.24) is 4.98 Å². The van der Waals surface area contributed by atoms with Gasteiger partial charge in [-0.15, -0.1) is 0 Å². The second kappa shape index (κ2) is 4.98. The molecule has 0 bridgehead atoms. The van der Waals surface area contributed by atoms with E-state index in [-0.39, 0.29) is 10.7 Å². The van der Waals surface area contributed by atoms with Gasteiger partial charge >= 0.3 is 0 Å². The molecule has 3 rings (SSSR count). The molecule has 0 aliphatic rings. The molecule has 0 amide bonds. The standard InChI is InChI=1S/C15H10ClFN2O/c16-11-7-15(13(18)8-12(11)17)20-10-4-3-9-2-1-5-19-14(9)6-10/h1-8H,18H2. The molecule has 0 aliphatic heterocycles. The molecule has 5 heteroatoms. The first kappa shape index (κ1) is 12.7. The van der Waals surface area contributed by atoms with E-state index in [0.717, 1.165) is 17.0 Å². The maximum atomic E-state index is 13.2. The normalized spacial score (nSPS) is 10.7. The molecule has 0 fully saturated rings. The van der Waals surface area contributed by atoms with Crippen molar-refractivity contribution in [3.63, 3.8) is 0 Å². The third-order valence-corrected chi connectivity index (χ3v) is 3.15. The number of rotatable bonds is 2. The molecule has 20 heavy (non-hydrogen) atoms. The molecule has 0 saturated carbocycles. The van der Waals surface area contributed by atoms with Crippen molar-refractivity contribution in [2.75, 3.05) is 5.73 Å². The van der Waals surface area contributed by atoms with E-state index in [4.69, 9.17) is 22.1 Å². The Bertz CT molecular complexity index is 792. The van der Waals surface area contributed by atoms with Crippen LogP contribution in [0.3, 0.4) is 0 Å². The number of nitrogens with zero attached hydrogens (tertiary/aromatic N) is 1. The average Bonchev–Trinajstić information content (AvgIpc) is 2.44. The van der Waals surface area contributed by atoms with Crippen molar-refractivity contribution in [2.45, 2.75) is 0 Å². The van der Waals surface area contributed by atoms with Crippen LogP contribution in [0.4, 0.5) is 10.1 Å². The zero-order chi connectivity index (χ0) is 14.1. The van der Waals surface area contributed by atoms with Gasteiger partial charge in [-0.2, -0.15) is 0 Å². The van der Waals surface area contributed by atoms with Crippen molar-refractivity contribution < 1.29 is 9.13 Å². The quantitative estimate of drug-likeness (QED) is 0.711. The maximum Gasteiger partial charge on any atom is 0.152 e. The van der Waals surface area contributed by atoms with Crippen LogP contribution < -0.4 is 10.5 Å². The lowest BCUT2D eigenvalue weighted by Crippen LogP contribution is -1.94. The van der Waals surface area contributed by atoms with Crippen LogP contribution >= 0.6 is 11.6 Å². The zero-order valence-corrected chi connectivity index (χ0v) is 11.1. The lowest BCUT2D eigenvalue weighted by Gasteiger charge is -2.10. The van der Waals surface area contributed by atoms with Gasteiger partial charge in [-0.3, -0.25) is 4.98 Å². The number of fused-ring (bicyclic) bond motifs is 1. The number of pyridine rings is 1. The summed E-state index contributed by atoms with van der Waals surface area (Å²) in [5.41, 5.74) is 6.70. The molecule has 0 saturated heterocycles. The Morgan fingerprint density at radius 2 is 2.00 bits per heavy atom. The predicted molar refractivity (Wildman–Crippen MR) is 77.6 cm³/mol. The number of halogens is 2. The molecule has 1 heterocycles. The van der Waals surface area contributed by atoms with E-state index in [1.165, 1.54) is 6.07 Å². The van der Waals surface area contributed by atoms with Gasteiger partial charge in [0, 0.05) is 29.8 Å². The van der Waals surface area contributed by atoms with E-state index in [2.05, 4.69) is 4.98 Å². The molecule has 0 atom stereocenters. The van der Waals surface area contributed by atoms with Crippen molar-refractivity contribution >= 4 is 28.2 Å². The Labute approximate surface area is 119 Å².